The Bertz CT molecular complexity index is 977. The van der Waals surface area contributed by atoms with Crippen LogP contribution in [0.1, 0.15) is 69.2 Å². The van der Waals surface area contributed by atoms with E-state index in [-0.39, 0.29) is 34.8 Å². The van der Waals surface area contributed by atoms with Gasteiger partial charge in [0.15, 0.2) is 0 Å². The number of ether oxygens (including phenoxy) is 1. The first-order chi connectivity index (χ1) is 14.0. The normalized spacial score (nSPS) is 21.4. The third-order valence-electron chi connectivity index (χ3n) is 5.93. The van der Waals surface area contributed by atoms with E-state index in [1.807, 2.05) is 19.9 Å². The molecule has 0 radical (unpaired) electrons. The molecule has 0 spiro atoms. The van der Waals surface area contributed by atoms with Crippen molar-refractivity contribution in [2.75, 3.05) is 0 Å². The largest absolute Gasteiger partial charge is 0.489 e. The highest BCUT2D eigenvalue weighted by atomic mass is 35.5. The van der Waals surface area contributed by atoms with Gasteiger partial charge in [-0.3, -0.25) is 9.78 Å². The van der Waals surface area contributed by atoms with Crippen LogP contribution in [0.3, 0.4) is 0 Å². The van der Waals surface area contributed by atoms with Gasteiger partial charge in [0.25, 0.3) is 5.91 Å². The maximum Gasteiger partial charge on any atom is 0.271 e. The van der Waals surface area contributed by atoms with Gasteiger partial charge in [0.05, 0.1) is 22.5 Å². The lowest BCUT2D eigenvalue weighted by Gasteiger charge is -2.63. The highest BCUT2D eigenvalue weighted by Crippen LogP contribution is 2.55. The Labute approximate surface area is 182 Å². The minimum Gasteiger partial charge on any atom is -0.489 e. The number of nitrogens with zero attached hydrogens (tertiary/aromatic N) is 3. The van der Waals surface area contributed by atoms with Gasteiger partial charge in [0, 0.05) is 29.1 Å². The van der Waals surface area contributed by atoms with E-state index in [1.165, 1.54) is 6.20 Å². The highest BCUT2D eigenvalue weighted by molar-refractivity contribution is 6.31. The van der Waals surface area contributed by atoms with Crippen molar-refractivity contribution in [1.82, 2.24) is 15.3 Å². The number of rotatable bonds is 5. The van der Waals surface area contributed by atoms with Crippen LogP contribution in [-0.4, -0.2) is 28.0 Å². The number of aromatic nitrogens is 2. The summed E-state index contributed by atoms with van der Waals surface area (Å²) in [5.41, 5.74) is 0.904. The van der Waals surface area contributed by atoms with Crippen molar-refractivity contribution < 1.29 is 9.53 Å². The molecule has 1 aromatic heterocycles. The molecule has 1 saturated carbocycles. The molecule has 0 saturated heterocycles. The summed E-state index contributed by atoms with van der Waals surface area (Å²) in [5, 5.41) is 12.5. The van der Waals surface area contributed by atoms with Gasteiger partial charge in [-0.1, -0.05) is 53.1 Å². The van der Waals surface area contributed by atoms with Crippen LogP contribution in [-0.2, 0) is 0 Å². The van der Waals surface area contributed by atoms with Gasteiger partial charge in [-0.05, 0) is 18.1 Å². The number of amides is 1. The van der Waals surface area contributed by atoms with Gasteiger partial charge in [-0.25, -0.2) is 4.98 Å². The van der Waals surface area contributed by atoms with Gasteiger partial charge >= 0.3 is 0 Å². The van der Waals surface area contributed by atoms with E-state index < -0.39 is 0 Å². The van der Waals surface area contributed by atoms with Crippen LogP contribution in [0.25, 0.3) is 0 Å². The first kappa shape index (κ1) is 22.0. The summed E-state index contributed by atoms with van der Waals surface area (Å²) in [6.45, 7) is 12.3. The number of hydrogen-bond donors (Lipinski definition) is 1. The van der Waals surface area contributed by atoms with Crippen molar-refractivity contribution in [3.63, 3.8) is 0 Å². The molecule has 6 nitrogen and oxygen atoms in total. The predicted octanol–water partition coefficient (Wildman–Crippen LogP) is 4.74. The zero-order chi connectivity index (χ0) is 22.3. The Morgan fingerprint density at radius 1 is 1.20 bits per heavy atom. The molecule has 30 heavy (non-hydrogen) atoms. The van der Waals surface area contributed by atoms with Crippen LogP contribution in [0.15, 0.2) is 30.6 Å². The van der Waals surface area contributed by atoms with E-state index in [4.69, 9.17) is 21.6 Å². The quantitative estimate of drug-likeness (QED) is 0.746. The fourth-order valence-electron chi connectivity index (χ4n) is 4.55. The summed E-state index contributed by atoms with van der Waals surface area (Å²) in [4.78, 5) is 21.4. The maximum atomic E-state index is 12.8. The Morgan fingerprint density at radius 2 is 1.87 bits per heavy atom. The highest BCUT2D eigenvalue weighted by Gasteiger charge is 2.64. The van der Waals surface area contributed by atoms with Crippen LogP contribution in [0.2, 0.25) is 5.02 Å². The SMILES string of the molecule is CC(C)c1cnc(C(=O)N[C@H]2C(C)(C)[C@H](Oc3ccc(C#N)c(Cl)c3)C2(C)C)cn1. The second-order valence-electron chi connectivity index (χ2n) is 9.28. The molecule has 0 bridgehead atoms. The van der Waals surface area contributed by atoms with Crippen molar-refractivity contribution in [2.24, 2.45) is 10.8 Å². The fourth-order valence-corrected chi connectivity index (χ4v) is 4.77. The molecule has 158 valence electrons. The molecule has 1 fully saturated rings. The van der Waals surface area contributed by atoms with E-state index in [0.717, 1.165) is 5.69 Å². The van der Waals surface area contributed by atoms with Crippen LogP contribution >= 0.6 is 11.6 Å². The number of halogens is 1. The Hall–Kier alpha value is -2.65. The van der Waals surface area contributed by atoms with Crippen LogP contribution in [0.4, 0.5) is 0 Å². The third-order valence-corrected chi connectivity index (χ3v) is 6.24. The van der Waals surface area contributed by atoms with Crippen molar-refractivity contribution in [3.8, 4) is 11.8 Å². The van der Waals surface area contributed by atoms with Crippen molar-refractivity contribution in [1.29, 1.82) is 5.26 Å². The first-order valence-corrected chi connectivity index (χ1v) is 10.4. The van der Waals surface area contributed by atoms with Crippen molar-refractivity contribution >= 4 is 17.5 Å². The zero-order valence-electron chi connectivity index (χ0n) is 18.2. The third kappa shape index (κ3) is 3.87. The molecule has 0 aliphatic heterocycles. The maximum absolute atomic E-state index is 12.8. The summed E-state index contributed by atoms with van der Waals surface area (Å²) in [6, 6.07) is 6.97. The molecule has 1 heterocycles. The van der Waals surface area contributed by atoms with Crippen LogP contribution < -0.4 is 10.1 Å². The molecule has 7 heteroatoms. The standard InChI is InChI=1S/C23H27ClN4O2/c1-13(2)17-11-27-18(12-26-17)19(29)28-20-22(3,4)21(23(20,5)6)30-15-8-7-14(10-25)16(24)9-15/h7-9,11-13,20-21H,1-6H3,(H,28,29)/t20-,21-. The monoisotopic (exact) mass is 426 g/mol. The fraction of sp³-hybridized carbons (Fsp3) is 0.478. The van der Waals surface area contributed by atoms with E-state index >= 15 is 0 Å². The number of hydrogen-bond acceptors (Lipinski definition) is 5. The average molecular weight is 427 g/mol. The van der Waals surface area contributed by atoms with Crippen LogP contribution in [0.5, 0.6) is 5.75 Å². The van der Waals surface area contributed by atoms with E-state index in [9.17, 15) is 4.79 Å². The lowest BCUT2D eigenvalue weighted by atomic mass is 9.49. The second kappa shape index (κ2) is 7.88. The Kier molecular flexibility index (Phi) is 5.79. The summed E-state index contributed by atoms with van der Waals surface area (Å²) in [7, 11) is 0. The van der Waals surface area contributed by atoms with Gasteiger partial charge in [0.2, 0.25) is 0 Å². The molecular weight excluding hydrogens is 400 g/mol. The molecule has 1 N–H and O–H groups in total. The molecule has 1 amide bonds. The smallest absolute Gasteiger partial charge is 0.271 e. The molecule has 2 aromatic rings. The van der Waals surface area contributed by atoms with Crippen LogP contribution in [0, 0.1) is 22.2 Å². The lowest BCUT2D eigenvalue weighted by molar-refractivity contribution is -0.164. The number of carbonyl (C=O) groups is 1. The Balaban J connectivity index is 1.74. The second-order valence-corrected chi connectivity index (χ2v) is 9.69. The first-order valence-electron chi connectivity index (χ1n) is 9.97. The van der Waals surface area contributed by atoms with E-state index in [2.05, 4.69) is 43.0 Å². The average Bonchev–Trinajstić information content (AvgIpc) is 2.69. The number of nitriles is 1. The number of carbonyl (C=O) groups excluding carboxylic acids is 1. The molecular formula is C23H27ClN4O2. The zero-order valence-corrected chi connectivity index (χ0v) is 18.9. The summed E-state index contributed by atoms with van der Waals surface area (Å²) >= 11 is 6.14. The summed E-state index contributed by atoms with van der Waals surface area (Å²) < 4.78 is 6.25. The molecule has 0 atom stereocenters. The molecule has 1 aliphatic rings. The minimum atomic E-state index is -0.329. The van der Waals surface area contributed by atoms with E-state index in [0.29, 0.717) is 22.0 Å². The molecule has 1 aromatic carbocycles. The van der Waals surface area contributed by atoms with E-state index in [1.54, 1.807) is 24.4 Å². The van der Waals surface area contributed by atoms with Crippen molar-refractivity contribution in [3.05, 3.63) is 52.6 Å². The lowest BCUT2D eigenvalue weighted by Crippen LogP contribution is -2.74. The summed E-state index contributed by atoms with van der Waals surface area (Å²) in [5.74, 6) is 0.613. The summed E-state index contributed by atoms with van der Waals surface area (Å²) in [6.07, 6.45) is 3.02. The molecule has 3 rings (SSSR count). The molecule has 1 aliphatic carbocycles. The van der Waals surface area contributed by atoms with Gasteiger partial charge in [0.1, 0.15) is 23.6 Å². The van der Waals surface area contributed by atoms with Gasteiger partial charge < -0.3 is 10.1 Å². The topological polar surface area (TPSA) is 87.9 Å². The predicted molar refractivity (Wildman–Crippen MR) is 116 cm³/mol. The van der Waals surface area contributed by atoms with Crippen molar-refractivity contribution in [2.45, 2.75) is 59.6 Å². The number of nitrogens with one attached hydrogen (secondary N) is 1. The van der Waals surface area contributed by atoms with Gasteiger partial charge in [-0.15, -0.1) is 0 Å². The number of benzene rings is 1. The Morgan fingerprint density at radius 3 is 2.37 bits per heavy atom. The minimum absolute atomic E-state index is 0.122. The van der Waals surface area contributed by atoms with Gasteiger partial charge in [-0.2, -0.15) is 5.26 Å². The molecule has 0 unspecified atom stereocenters.